The molecule has 1 N–H and O–H groups in total. The second kappa shape index (κ2) is 8.37. The summed E-state index contributed by atoms with van der Waals surface area (Å²) in [6.07, 6.45) is 3.84. The lowest BCUT2D eigenvalue weighted by Gasteiger charge is -2.26. The van der Waals surface area contributed by atoms with E-state index in [-0.39, 0.29) is 5.91 Å². The third kappa shape index (κ3) is 4.75. The SMILES string of the molecule is CS(=O)(=O)N1CCc2cc(C(=O)NCCCCN3CCOCC3)ccc21. The number of nitrogens with zero attached hydrogens (tertiary/aromatic N) is 2. The first-order valence-electron chi connectivity index (χ1n) is 9.14. The number of anilines is 1. The van der Waals surface area contributed by atoms with Gasteiger partial charge in [-0.2, -0.15) is 0 Å². The minimum atomic E-state index is -3.26. The van der Waals surface area contributed by atoms with E-state index >= 15 is 0 Å². The van der Waals surface area contributed by atoms with Gasteiger partial charge in [-0.15, -0.1) is 0 Å². The summed E-state index contributed by atoms with van der Waals surface area (Å²) in [5.74, 6) is -0.100. The van der Waals surface area contributed by atoms with Gasteiger partial charge in [0.2, 0.25) is 10.0 Å². The Morgan fingerprint density at radius 1 is 1.19 bits per heavy atom. The van der Waals surface area contributed by atoms with Crippen molar-refractivity contribution >= 4 is 21.6 Å². The van der Waals surface area contributed by atoms with Crippen LogP contribution in [0.15, 0.2) is 18.2 Å². The van der Waals surface area contributed by atoms with Gasteiger partial charge in [0.15, 0.2) is 0 Å². The first-order valence-corrected chi connectivity index (χ1v) is 11.0. The molecule has 1 fully saturated rings. The van der Waals surface area contributed by atoms with Gasteiger partial charge < -0.3 is 10.1 Å². The number of carbonyl (C=O) groups excluding carboxylic acids is 1. The Balaban J connectivity index is 1.45. The Kier molecular flexibility index (Phi) is 6.16. The van der Waals surface area contributed by atoms with E-state index in [4.69, 9.17) is 4.74 Å². The highest BCUT2D eigenvalue weighted by molar-refractivity contribution is 7.92. The number of carbonyl (C=O) groups is 1. The van der Waals surface area contributed by atoms with Crippen molar-refractivity contribution in [1.29, 1.82) is 0 Å². The number of nitrogens with one attached hydrogen (secondary N) is 1. The van der Waals surface area contributed by atoms with E-state index in [9.17, 15) is 13.2 Å². The van der Waals surface area contributed by atoms with Crippen molar-refractivity contribution < 1.29 is 17.9 Å². The highest BCUT2D eigenvalue weighted by Gasteiger charge is 2.26. The molecule has 0 bridgehead atoms. The summed E-state index contributed by atoms with van der Waals surface area (Å²) < 4.78 is 30.3. The fourth-order valence-corrected chi connectivity index (χ4v) is 4.40. The first kappa shape index (κ1) is 19.1. The zero-order valence-electron chi connectivity index (χ0n) is 15.2. The van der Waals surface area contributed by atoms with Crippen molar-refractivity contribution in [3.05, 3.63) is 29.3 Å². The van der Waals surface area contributed by atoms with Crippen molar-refractivity contribution in [1.82, 2.24) is 10.2 Å². The van der Waals surface area contributed by atoms with Crippen molar-refractivity contribution in [2.24, 2.45) is 0 Å². The monoisotopic (exact) mass is 381 g/mol. The highest BCUT2D eigenvalue weighted by atomic mass is 32.2. The molecule has 26 heavy (non-hydrogen) atoms. The Morgan fingerprint density at radius 3 is 2.69 bits per heavy atom. The second-order valence-electron chi connectivity index (χ2n) is 6.85. The minimum Gasteiger partial charge on any atom is -0.379 e. The van der Waals surface area contributed by atoms with Crippen LogP contribution >= 0.6 is 0 Å². The minimum absolute atomic E-state index is 0.100. The van der Waals surface area contributed by atoms with Gasteiger partial charge in [-0.1, -0.05) is 0 Å². The van der Waals surface area contributed by atoms with Crippen LogP contribution in [0.25, 0.3) is 0 Å². The summed E-state index contributed by atoms with van der Waals surface area (Å²) >= 11 is 0. The van der Waals surface area contributed by atoms with E-state index < -0.39 is 10.0 Å². The van der Waals surface area contributed by atoms with Crippen LogP contribution in [0.4, 0.5) is 5.69 Å². The van der Waals surface area contributed by atoms with Gasteiger partial charge in [0.25, 0.3) is 5.91 Å². The number of ether oxygens (including phenoxy) is 1. The molecule has 0 unspecified atom stereocenters. The standard InChI is InChI=1S/C18H27N3O4S/c1-26(23,24)21-9-6-15-14-16(4-5-17(15)21)18(22)19-7-2-3-8-20-10-12-25-13-11-20/h4-5,14H,2-3,6-13H2,1H3,(H,19,22). The molecule has 2 heterocycles. The zero-order valence-corrected chi connectivity index (χ0v) is 16.1. The lowest BCUT2D eigenvalue weighted by atomic mass is 10.1. The van der Waals surface area contributed by atoms with E-state index in [2.05, 4.69) is 10.2 Å². The maximum Gasteiger partial charge on any atom is 0.251 e. The summed E-state index contributed by atoms with van der Waals surface area (Å²) in [5.41, 5.74) is 2.19. The molecule has 1 saturated heterocycles. The molecule has 144 valence electrons. The van der Waals surface area contributed by atoms with Crippen LogP contribution in [0, 0.1) is 0 Å². The topological polar surface area (TPSA) is 79.0 Å². The summed E-state index contributed by atoms with van der Waals surface area (Å²) in [5, 5.41) is 2.96. The van der Waals surface area contributed by atoms with Crippen LogP contribution in [0.5, 0.6) is 0 Å². The normalized spacial score (nSPS) is 18.0. The van der Waals surface area contributed by atoms with E-state index in [1.165, 1.54) is 10.6 Å². The predicted molar refractivity (Wildman–Crippen MR) is 101 cm³/mol. The number of rotatable bonds is 7. The fourth-order valence-electron chi connectivity index (χ4n) is 3.45. The van der Waals surface area contributed by atoms with Gasteiger partial charge >= 0.3 is 0 Å². The van der Waals surface area contributed by atoms with Crippen LogP contribution in [-0.2, 0) is 21.2 Å². The van der Waals surface area contributed by atoms with Crippen LogP contribution in [-0.4, -0.2) is 71.4 Å². The van der Waals surface area contributed by atoms with E-state index in [1.807, 2.05) is 6.07 Å². The van der Waals surface area contributed by atoms with Crippen molar-refractivity contribution in [2.45, 2.75) is 19.3 Å². The van der Waals surface area contributed by atoms with Gasteiger partial charge in [-0.05, 0) is 49.6 Å². The summed E-state index contributed by atoms with van der Waals surface area (Å²) in [6, 6.07) is 5.24. The zero-order chi connectivity index (χ0) is 18.6. The van der Waals surface area contributed by atoms with E-state index in [1.54, 1.807) is 12.1 Å². The fraction of sp³-hybridized carbons (Fsp3) is 0.611. The van der Waals surface area contributed by atoms with Gasteiger partial charge in [-0.25, -0.2) is 8.42 Å². The van der Waals surface area contributed by atoms with Crippen molar-refractivity contribution in [3.8, 4) is 0 Å². The molecule has 0 atom stereocenters. The summed E-state index contributed by atoms with van der Waals surface area (Å²) in [6.45, 7) is 5.74. The molecule has 3 rings (SSSR count). The molecule has 0 radical (unpaired) electrons. The third-order valence-electron chi connectivity index (χ3n) is 4.89. The number of amides is 1. The molecule has 1 aromatic rings. The van der Waals surface area contributed by atoms with E-state index in [0.29, 0.717) is 30.8 Å². The molecular weight excluding hydrogens is 354 g/mol. The maximum atomic E-state index is 12.3. The van der Waals surface area contributed by atoms with Gasteiger partial charge in [0.1, 0.15) is 0 Å². The van der Waals surface area contributed by atoms with Crippen molar-refractivity contribution in [2.75, 3.05) is 56.5 Å². The molecule has 1 aromatic carbocycles. The average molecular weight is 381 g/mol. The number of hydrogen-bond donors (Lipinski definition) is 1. The third-order valence-corrected chi connectivity index (χ3v) is 6.07. The smallest absolute Gasteiger partial charge is 0.251 e. The van der Waals surface area contributed by atoms with E-state index in [0.717, 1.165) is 51.3 Å². The Labute approximate surface area is 155 Å². The van der Waals surface area contributed by atoms with Gasteiger partial charge in [0, 0.05) is 31.7 Å². The second-order valence-corrected chi connectivity index (χ2v) is 8.75. The molecule has 1 amide bonds. The maximum absolute atomic E-state index is 12.3. The number of unbranched alkanes of at least 4 members (excludes halogenated alkanes) is 1. The Morgan fingerprint density at radius 2 is 1.96 bits per heavy atom. The first-order chi connectivity index (χ1) is 12.4. The lowest BCUT2D eigenvalue weighted by Crippen LogP contribution is -2.37. The quantitative estimate of drug-likeness (QED) is 0.709. The van der Waals surface area contributed by atoms with Crippen LogP contribution < -0.4 is 9.62 Å². The number of sulfonamides is 1. The lowest BCUT2D eigenvalue weighted by molar-refractivity contribution is 0.0372. The Hall–Kier alpha value is -1.64. The predicted octanol–water partition coefficient (Wildman–Crippen LogP) is 0.851. The molecule has 8 heteroatoms. The van der Waals surface area contributed by atoms with Crippen molar-refractivity contribution in [3.63, 3.8) is 0 Å². The van der Waals surface area contributed by atoms with Gasteiger partial charge in [-0.3, -0.25) is 14.0 Å². The molecular formula is C18H27N3O4S. The van der Waals surface area contributed by atoms with Crippen LogP contribution in [0.2, 0.25) is 0 Å². The molecule has 0 spiro atoms. The molecule has 0 saturated carbocycles. The highest BCUT2D eigenvalue weighted by Crippen LogP contribution is 2.30. The summed E-state index contributed by atoms with van der Waals surface area (Å²) in [7, 11) is -3.26. The molecule has 0 aromatic heterocycles. The molecule has 7 nitrogen and oxygen atoms in total. The average Bonchev–Trinajstić information content (AvgIpc) is 3.05. The number of benzene rings is 1. The molecule has 2 aliphatic rings. The van der Waals surface area contributed by atoms with Gasteiger partial charge in [0.05, 0.1) is 25.2 Å². The number of fused-ring (bicyclic) bond motifs is 1. The molecule has 2 aliphatic heterocycles. The summed E-state index contributed by atoms with van der Waals surface area (Å²) in [4.78, 5) is 14.7. The number of morpholine rings is 1. The number of hydrogen-bond acceptors (Lipinski definition) is 5. The molecule has 0 aliphatic carbocycles. The largest absolute Gasteiger partial charge is 0.379 e. The van der Waals surface area contributed by atoms with Crippen LogP contribution in [0.3, 0.4) is 0 Å². The van der Waals surface area contributed by atoms with Crippen LogP contribution in [0.1, 0.15) is 28.8 Å². The Bertz CT molecular complexity index is 745.